The highest BCUT2D eigenvalue weighted by Crippen LogP contribution is 2.54. The number of aliphatic hydroxyl groups is 1. The first-order valence-electron chi connectivity index (χ1n) is 3.71. The van der Waals surface area contributed by atoms with Gasteiger partial charge in [0.05, 0.1) is 6.42 Å². The van der Waals surface area contributed by atoms with Crippen molar-refractivity contribution in [1.82, 2.24) is 0 Å². The average Bonchev–Trinajstić information content (AvgIpc) is 1.98. The quantitative estimate of drug-likeness (QED) is 0.623. The van der Waals surface area contributed by atoms with Gasteiger partial charge in [0.25, 0.3) is 0 Å². The van der Waals surface area contributed by atoms with E-state index in [-0.39, 0.29) is 0 Å². The van der Waals surface area contributed by atoms with Gasteiger partial charge in [0.1, 0.15) is 0 Å². The summed E-state index contributed by atoms with van der Waals surface area (Å²) in [7, 11) is 0. The lowest BCUT2D eigenvalue weighted by Crippen LogP contribution is -2.61. The van der Waals surface area contributed by atoms with Crippen LogP contribution >= 0.6 is 0 Å². The number of alkyl halides is 9. The maximum absolute atomic E-state index is 12.4. The second-order valence-corrected chi connectivity index (χ2v) is 3.01. The molecular formula is C6H4F9O2. The molecule has 0 rings (SSSR count). The molecule has 0 aromatic heterocycles. The molecule has 0 saturated carbocycles. The van der Waals surface area contributed by atoms with Gasteiger partial charge in [-0.15, -0.1) is 0 Å². The molecule has 0 aromatic rings. The molecule has 0 aliphatic carbocycles. The van der Waals surface area contributed by atoms with Gasteiger partial charge in [-0.3, -0.25) is 0 Å². The van der Waals surface area contributed by atoms with Crippen LogP contribution in [0.25, 0.3) is 0 Å². The summed E-state index contributed by atoms with van der Waals surface area (Å²) in [6.45, 7) is 0. The van der Waals surface area contributed by atoms with Crippen LogP contribution in [0.2, 0.25) is 0 Å². The van der Waals surface area contributed by atoms with Gasteiger partial charge in [-0.25, -0.2) is 5.11 Å². The minimum absolute atomic E-state index is 2.77. The molecule has 0 aromatic carbocycles. The maximum atomic E-state index is 12.4. The Morgan fingerprint density at radius 3 is 1.41 bits per heavy atom. The molecule has 2 nitrogen and oxygen atoms in total. The first kappa shape index (κ1) is 16.3. The van der Waals surface area contributed by atoms with Crippen LogP contribution in [0.3, 0.4) is 0 Å². The van der Waals surface area contributed by atoms with Crippen LogP contribution in [0.15, 0.2) is 0 Å². The molecule has 17 heavy (non-hydrogen) atoms. The summed E-state index contributed by atoms with van der Waals surface area (Å²) < 4.78 is 108. The Morgan fingerprint density at radius 2 is 1.18 bits per heavy atom. The van der Waals surface area contributed by atoms with Gasteiger partial charge >= 0.3 is 23.9 Å². The molecule has 0 heterocycles. The molecular weight excluding hydrogens is 275 g/mol. The minimum atomic E-state index is -7.03. The standard InChI is InChI=1S/C6H4F9O2/c7-3(8,1-2(16)17)4(9,10)5(11,12)6(13,14)15/h2,16H,1H2. The van der Waals surface area contributed by atoms with Gasteiger partial charge in [0, 0.05) is 0 Å². The summed E-state index contributed by atoms with van der Waals surface area (Å²) in [6.07, 6.45) is -13.1. The number of halogens is 9. The lowest BCUT2D eigenvalue weighted by atomic mass is 10.0. The Morgan fingerprint density at radius 1 is 0.824 bits per heavy atom. The highest BCUT2D eigenvalue weighted by atomic mass is 19.4. The van der Waals surface area contributed by atoms with E-state index in [9.17, 15) is 44.6 Å². The van der Waals surface area contributed by atoms with E-state index < -0.39 is 36.7 Å². The number of hydrogen-bond donors (Lipinski definition) is 1. The zero-order valence-corrected chi connectivity index (χ0v) is 7.54. The summed E-state index contributed by atoms with van der Waals surface area (Å²) in [4.78, 5) is 0. The smallest absolute Gasteiger partial charge is 0.365 e. The van der Waals surface area contributed by atoms with E-state index in [0.29, 0.717) is 0 Å². The third-order valence-corrected chi connectivity index (χ3v) is 1.64. The molecule has 1 unspecified atom stereocenters. The van der Waals surface area contributed by atoms with E-state index in [0.717, 1.165) is 0 Å². The van der Waals surface area contributed by atoms with Crippen molar-refractivity contribution >= 4 is 0 Å². The second-order valence-electron chi connectivity index (χ2n) is 3.01. The van der Waals surface area contributed by atoms with Crippen molar-refractivity contribution in [3.8, 4) is 0 Å². The van der Waals surface area contributed by atoms with Crippen LogP contribution in [0, 0.1) is 0 Å². The Bertz CT molecular complexity index is 269. The minimum Gasteiger partial charge on any atom is -0.365 e. The molecule has 0 aliphatic heterocycles. The zero-order chi connectivity index (χ0) is 14.3. The first-order valence-corrected chi connectivity index (χ1v) is 3.71. The molecule has 0 fully saturated rings. The molecule has 0 amide bonds. The number of rotatable bonds is 4. The maximum Gasteiger partial charge on any atom is 0.460 e. The van der Waals surface area contributed by atoms with Gasteiger partial charge in [-0.2, -0.15) is 39.5 Å². The van der Waals surface area contributed by atoms with E-state index in [1.807, 2.05) is 0 Å². The summed E-state index contributed by atoms with van der Waals surface area (Å²) in [6, 6.07) is 0. The monoisotopic (exact) mass is 279 g/mol. The summed E-state index contributed by atoms with van der Waals surface area (Å²) in [5.41, 5.74) is 0. The second kappa shape index (κ2) is 4.19. The van der Waals surface area contributed by atoms with Crippen LogP contribution in [0.4, 0.5) is 39.5 Å². The summed E-state index contributed by atoms with van der Waals surface area (Å²) in [5, 5.41) is 17.6. The van der Waals surface area contributed by atoms with E-state index in [2.05, 4.69) is 0 Å². The predicted octanol–water partition coefficient (Wildman–Crippen LogP) is 2.59. The van der Waals surface area contributed by atoms with Crippen molar-refractivity contribution in [2.24, 2.45) is 0 Å². The highest BCUT2D eigenvalue weighted by Gasteiger charge is 2.81. The average molecular weight is 279 g/mol. The third-order valence-electron chi connectivity index (χ3n) is 1.64. The van der Waals surface area contributed by atoms with E-state index in [4.69, 9.17) is 5.11 Å². The van der Waals surface area contributed by atoms with Crippen LogP contribution in [0.5, 0.6) is 0 Å². The van der Waals surface area contributed by atoms with Crippen LogP contribution in [0.1, 0.15) is 6.42 Å². The number of hydrogen-bond acceptors (Lipinski definition) is 1. The van der Waals surface area contributed by atoms with Crippen molar-refractivity contribution < 1.29 is 49.7 Å². The Balaban J connectivity index is 5.39. The molecule has 103 valence electrons. The Labute approximate surface area is 87.6 Å². The topological polar surface area (TPSA) is 40.1 Å². The first-order chi connectivity index (χ1) is 7.17. The molecule has 0 spiro atoms. The molecule has 1 N–H and O–H groups in total. The van der Waals surface area contributed by atoms with Crippen LogP contribution in [-0.2, 0) is 5.11 Å². The lowest BCUT2D eigenvalue weighted by molar-refractivity contribution is -0.401. The Hall–Kier alpha value is -0.710. The molecule has 0 bridgehead atoms. The van der Waals surface area contributed by atoms with E-state index in [1.54, 1.807) is 0 Å². The lowest BCUT2D eigenvalue weighted by Gasteiger charge is -2.33. The molecule has 11 heteroatoms. The summed E-state index contributed by atoms with van der Waals surface area (Å²) >= 11 is 0. The van der Waals surface area contributed by atoms with E-state index in [1.165, 1.54) is 0 Å². The van der Waals surface area contributed by atoms with E-state index >= 15 is 0 Å². The Kier molecular flexibility index (Phi) is 4.02. The van der Waals surface area contributed by atoms with Gasteiger partial charge in [-0.05, 0) is 0 Å². The number of aliphatic hydroxyl groups excluding tert-OH is 1. The van der Waals surface area contributed by atoms with Crippen molar-refractivity contribution in [3.63, 3.8) is 0 Å². The highest BCUT2D eigenvalue weighted by molar-refractivity contribution is 5.00. The van der Waals surface area contributed by atoms with Gasteiger partial charge < -0.3 is 5.11 Å². The molecule has 0 saturated heterocycles. The van der Waals surface area contributed by atoms with Crippen LogP contribution < -0.4 is 0 Å². The SMILES string of the molecule is [O]C(O)CC(F)(F)C(F)(F)C(F)(F)C(F)(F)F. The van der Waals surface area contributed by atoms with Crippen molar-refractivity contribution in [2.45, 2.75) is 36.7 Å². The predicted molar refractivity (Wildman–Crippen MR) is 32.2 cm³/mol. The summed E-state index contributed by atoms with van der Waals surface area (Å²) in [5.74, 6) is -19.9. The zero-order valence-electron chi connectivity index (χ0n) is 7.54. The van der Waals surface area contributed by atoms with Crippen molar-refractivity contribution in [1.29, 1.82) is 0 Å². The van der Waals surface area contributed by atoms with Crippen LogP contribution in [-0.4, -0.2) is 35.3 Å². The molecule has 0 aliphatic rings. The van der Waals surface area contributed by atoms with Gasteiger partial charge in [0.15, 0.2) is 6.29 Å². The normalized spacial score (nSPS) is 15.5. The van der Waals surface area contributed by atoms with Gasteiger partial charge in [0.2, 0.25) is 0 Å². The molecule has 1 radical (unpaired) electrons. The fourth-order valence-electron chi connectivity index (χ4n) is 0.755. The molecule has 1 atom stereocenters. The van der Waals surface area contributed by atoms with Crippen molar-refractivity contribution in [3.05, 3.63) is 0 Å². The van der Waals surface area contributed by atoms with Crippen molar-refractivity contribution in [2.75, 3.05) is 0 Å². The fourth-order valence-corrected chi connectivity index (χ4v) is 0.755. The fraction of sp³-hybridized carbons (Fsp3) is 1.00. The largest absolute Gasteiger partial charge is 0.460 e. The van der Waals surface area contributed by atoms with Gasteiger partial charge in [-0.1, -0.05) is 0 Å². The third kappa shape index (κ3) is 2.76.